The summed E-state index contributed by atoms with van der Waals surface area (Å²) >= 11 is 1.49. The third kappa shape index (κ3) is 3.68. The molecule has 9 heteroatoms. The van der Waals surface area contributed by atoms with Gasteiger partial charge in [-0.05, 0) is 40.6 Å². The van der Waals surface area contributed by atoms with Crippen LogP contribution in [0.1, 0.15) is 21.6 Å². The van der Waals surface area contributed by atoms with Crippen molar-refractivity contribution in [3.63, 3.8) is 0 Å². The van der Waals surface area contributed by atoms with Gasteiger partial charge in [-0.25, -0.2) is 9.18 Å². The van der Waals surface area contributed by atoms with Gasteiger partial charge < -0.3 is 4.74 Å². The van der Waals surface area contributed by atoms with Gasteiger partial charge in [0.25, 0.3) is 0 Å². The molecule has 154 valence electrons. The van der Waals surface area contributed by atoms with Crippen LogP contribution in [0.2, 0.25) is 0 Å². The first kappa shape index (κ1) is 20.1. The zero-order valence-electron chi connectivity index (χ0n) is 15.5. The average Bonchev–Trinajstić information content (AvgIpc) is 3.35. The van der Waals surface area contributed by atoms with Crippen LogP contribution in [0.5, 0.6) is 0 Å². The second-order valence-electron chi connectivity index (χ2n) is 6.53. The Bertz CT molecular complexity index is 1240. The molecule has 0 spiro atoms. The van der Waals surface area contributed by atoms with Crippen molar-refractivity contribution in [1.82, 2.24) is 9.78 Å². The van der Waals surface area contributed by atoms with Gasteiger partial charge in [-0.2, -0.15) is 18.3 Å². The number of benzene rings is 2. The second kappa shape index (κ2) is 7.56. The zero-order valence-corrected chi connectivity index (χ0v) is 16.4. The lowest BCUT2D eigenvalue weighted by molar-refractivity contribution is -0.141. The zero-order chi connectivity index (χ0) is 21.5. The van der Waals surface area contributed by atoms with Gasteiger partial charge >= 0.3 is 12.1 Å². The summed E-state index contributed by atoms with van der Waals surface area (Å²) in [4.78, 5) is 11.7. The van der Waals surface area contributed by atoms with E-state index in [2.05, 4.69) is 9.84 Å². The van der Waals surface area contributed by atoms with E-state index in [1.807, 2.05) is 11.4 Å². The first-order valence-corrected chi connectivity index (χ1v) is 9.64. The molecule has 0 atom stereocenters. The second-order valence-corrected chi connectivity index (χ2v) is 7.48. The van der Waals surface area contributed by atoms with Gasteiger partial charge in [0.15, 0.2) is 5.69 Å². The fourth-order valence-electron chi connectivity index (χ4n) is 3.20. The fraction of sp³-hybridized carbons (Fsp3) is 0.143. The van der Waals surface area contributed by atoms with Crippen LogP contribution >= 0.6 is 11.3 Å². The Labute approximate surface area is 172 Å². The number of hydrogen-bond acceptors (Lipinski definition) is 4. The van der Waals surface area contributed by atoms with Crippen molar-refractivity contribution in [3.8, 4) is 11.1 Å². The molecule has 0 N–H and O–H groups in total. The summed E-state index contributed by atoms with van der Waals surface area (Å²) in [5.41, 5.74) is -1.06. The Morgan fingerprint density at radius 1 is 1.20 bits per heavy atom. The molecule has 2 heterocycles. The molecular weight excluding hydrogens is 420 g/mol. The molecule has 4 nitrogen and oxygen atoms in total. The van der Waals surface area contributed by atoms with Crippen LogP contribution in [0.25, 0.3) is 21.2 Å². The molecule has 0 saturated heterocycles. The third-order valence-corrected chi connectivity index (χ3v) is 5.51. The summed E-state index contributed by atoms with van der Waals surface area (Å²) < 4.78 is 62.0. The summed E-state index contributed by atoms with van der Waals surface area (Å²) in [5, 5.41) is 6.36. The van der Waals surface area contributed by atoms with Crippen LogP contribution in [-0.2, 0) is 17.5 Å². The lowest BCUT2D eigenvalue weighted by Crippen LogP contribution is -2.11. The number of alkyl halides is 3. The highest BCUT2D eigenvalue weighted by Crippen LogP contribution is 2.37. The lowest BCUT2D eigenvalue weighted by Gasteiger charge is -2.07. The number of carbonyl (C=O) groups is 1. The largest absolute Gasteiger partial charge is 0.465 e. The predicted octanol–water partition coefficient (Wildman–Crippen LogP) is 5.76. The van der Waals surface area contributed by atoms with Crippen LogP contribution in [0.4, 0.5) is 17.6 Å². The maximum Gasteiger partial charge on any atom is 0.435 e. The average molecular weight is 434 g/mol. The Morgan fingerprint density at radius 3 is 2.73 bits per heavy atom. The molecule has 0 bridgehead atoms. The number of nitrogens with zero attached hydrogens (tertiary/aromatic N) is 2. The van der Waals surface area contributed by atoms with Gasteiger partial charge in [-0.15, -0.1) is 11.3 Å². The molecule has 4 aromatic rings. The summed E-state index contributed by atoms with van der Waals surface area (Å²) in [6.07, 6.45) is -3.45. The van der Waals surface area contributed by atoms with Gasteiger partial charge in [-0.1, -0.05) is 18.2 Å². The van der Waals surface area contributed by atoms with Crippen LogP contribution in [0, 0.1) is 5.82 Å². The number of ether oxygens (including phenoxy) is 1. The van der Waals surface area contributed by atoms with E-state index in [9.17, 15) is 22.4 Å². The van der Waals surface area contributed by atoms with Crippen molar-refractivity contribution < 1.29 is 27.1 Å². The molecule has 0 aliphatic rings. The van der Waals surface area contributed by atoms with Crippen molar-refractivity contribution in [1.29, 1.82) is 0 Å². The van der Waals surface area contributed by atoms with Crippen molar-refractivity contribution in [3.05, 3.63) is 76.7 Å². The third-order valence-electron chi connectivity index (χ3n) is 4.61. The maximum absolute atomic E-state index is 14.6. The highest BCUT2D eigenvalue weighted by atomic mass is 32.1. The lowest BCUT2D eigenvalue weighted by atomic mass is 10.0. The van der Waals surface area contributed by atoms with Gasteiger partial charge in [0.2, 0.25) is 0 Å². The number of halogens is 4. The summed E-state index contributed by atoms with van der Waals surface area (Å²) in [7, 11) is 1.12. The number of thiophene rings is 1. The van der Waals surface area contributed by atoms with Crippen LogP contribution in [-0.4, -0.2) is 22.9 Å². The first-order valence-electron chi connectivity index (χ1n) is 8.76. The summed E-state index contributed by atoms with van der Waals surface area (Å²) in [6.45, 7) is -0.277. The molecule has 4 rings (SSSR count). The highest BCUT2D eigenvalue weighted by molar-refractivity contribution is 7.17. The number of fused-ring (bicyclic) bond motifs is 1. The van der Waals surface area contributed by atoms with Gasteiger partial charge in [-0.3, -0.25) is 4.68 Å². The smallest absolute Gasteiger partial charge is 0.435 e. The Balaban J connectivity index is 1.77. The quantitative estimate of drug-likeness (QED) is 0.303. The van der Waals surface area contributed by atoms with E-state index in [-0.39, 0.29) is 23.2 Å². The van der Waals surface area contributed by atoms with Gasteiger partial charge in [0, 0.05) is 22.0 Å². The molecule has 0 aliphatic carbocycles. The van der Waals surface area contributed by atoms with Crippen LogP contribution in [0.3, 0.4) is 0 Å². The van der Waals surface area contributed by atoms with Crippen LogP contribution < -0.4 is 0 Å². The minimum Gasteiger partial charge on any atom is -0.465 e. The monoisotopic (exact) mass is 434 g/mol. The summed E-state index contributed by atoms with van der Waals surface area (Å²) in [5.74, 6) is -1.72. The summed E-state index contributed by atoms with van der Waals surface area (Å²) in [6, 6.07) is 10.9. The topological polar surface area (TPSA) is 44.1 Å². The van der Waals surface area contributed by atoms with E-state index in [4.69, 9.17) is 0 Å². The number of esters is 1. The molecule has 2 aromatic heterocycles. The maximum atomic E-state index is 14.6. The van der Waals surface area contributed by atoms with E-state index in [1.54, 1.807) is 18.2 Å². The number of carbonyl (C=O) groups excluding carboxylic acids is 1. The predicted molar refractivity (Wildman–Crippen MR) is 105 cm³/mol. The molecule has 0 fully saturated rings. The molecule has 0 aliphatic heterocycles. The molecule has 2 aromatic carbocycles. The molecule has 0 radical (unpaired) electrons. The molecular formula is C21H14F4N2O2S. The van der Waals surface area contributed by atoms with E-state index in [0.29, 0.717) is 5.56 Å². The Hall–Kier alpha value is -3.20. The molecule has 0 saturated carbocycles. The normalized spacial score (nSPS) is 11.8. The van der Waals surface area contributed by atoms with Crippen molar-refractivity contribution in [2.24, 2.45) is 0 Å². The first-order chi connectivity index (χ1) is 14.3. The Morgan fingerprint density at radius 2 is 2.00 bits per heavy atom. The number of methoxy groups -OCH3 is 1. The number of hydrogen-bond donors (Lipinski definition) is 0. The van der Waals surface area contributed by atoms with Crippen molar-refractivity contribution >= 4 is 27.4 Å². The fourth-order valence-corrected chi connectivity index (χ4v) is 3.97. The highest BCUT2D eigenvalue weighted by Gasteiger charge is 2.37. The molecule has 0 unspecified atom stereocenters. The molecule has 0 amide bonds. The minimum atomic E-state index is -4.68. The number of aromatic nitrogens is 2. The van der Waals surface area contributed by atoms with Gasteiger partial charge in [0.1, 0.15) is 5.82 Å². The van der Waals surface area contributed by atoms with Gasteiger partial charge in [0.05, 0.1) is 19.2 Å². The van der Waals surface area contributed by atoms with Crippen molar-refractivity contribution in [2.75, 3.05) is 7.11 Å². The van der Waals surface area contributed by atoms with Crippen LogP contribution in [0.15, 0.2) is 54.0 Å². The standard InChI is InChI=1S/C21H14F4N2O2S/c1-29-20(28)15-4-2-3-14(18(15)22)10-27-11-16(19(26-27)21(23,24)25)12-5-6-17-13(9-12)7-8-30-17/h2-9,11H,10H2,1H3. The van der Waals surface area contributed by atoms with E-state index in [1.165, 1.54) is 35.7 Å². The minimum absolute atomic E-state index is 0.0222. The van der Waals surface area contributed by atoms with E-state index < -0.39 is 23.7 Å². The van der Waals surface area contributed by atoms with Crippen molar-refractivity contribution in [2.45, 2.75) is 12.7 Å². The Kier molecular flexibility index (Phi) is 5.07. The molecule has 30 heavy (non-hydrogen) atoms. The van der Waals surface area contributed by atoms with E-state index in [0.717, 1.165) is 21.9 Å². The SMILES string of the molecule is COC(=O)c1cccc(Cn2cc(-c3ccc4sccc4c3)c(C(F)(F)F)n2)c1F. The van der Waals surface area contributed by atoms with E-state index >= 15 is 0 Å². The number of rotatable bonds is 4.